The summed E-state index contributed by atoms with van der Waals surface area (Å²) >= 11 is 0. The van der Waals surface area contributed by atoms with E-state index in [1.165, 1.54) is 48.5 Å². The standard InChI is InChI=1S/C39H39N9O12S3/c1-21(2)36(51)41-17-9-3-4-10-18-42-37-46-38(44-25-13-7-8-14-28(25)61(52,53)54)48-39(47-37)45-26-16-15-22(19-29(26)62(55,56)57)43-27-20-30(63(58,59)60)33(40)32-31(27)34(49)23-11-5-6-12-24(23)35(32)50/h5-8,11-16,19-20,43H,1,3-4,9-10,17-18,40H2,2H3,(H,41,51)(H,52,53,54)(H,55,56,57)(H,58,59,60)(H3,42,44,45,46,47,48)/p-2. The predicted octanol–water partition coefficient (Wildman–Crippen LogP) is 2.43. The number of aromatic nitrogens is 3. The minimum atomic E-state index is -5.13. The Morgan fingerprint density at radius 1 is 0.714 bits per heavy atom. The molecule has 0 aliphatic heterocycles. The van der Waals surface area contributed by atoms with Gasteiger partial charge in [-0.1, -0.05) is 55.8 Å². The lowest BCUT2D eigenvalue weighted by atomic mass is 9.82. The highest BCUT2D eigenvalue weighted by molar-refractivity contribution is 7.86. The van der Waals surface area contributed by atoms with Crippen molar-refractivity contribution in [2.75, 3.05) is 24.1 Å². The average Bonchev–Trinajstić information content (AvgIpc) is 3.20. The first-order chi connectivity index (χ1) is 29.6. The fraction of sp³-hybridized carbons (Fsp3) is 0.179. The molecule has 24 heteroatoms. The van der Waals surface area contributed by atoms with E-state index < -0.39 is 73.5 Å². The minimum absolute atomic E-state index is 0.00557. The van der Waals surface area contributed by atoms with Crippen LogP contribution in [0.15, 0.2) is 120 Å². The lowest BCUT2D eigenvalue weighted by molar-refractivity contribution is -0.213. The second-order valence-corrected chi connectivity index (χ2v) is 18.0. The molecule has 1 aliphatic rings. The molecule has 1 aromatic heterocycles. The summed E-state index contributed by atoms with van der Waals surface area (Å²) in [5.41, 5.74) is 3.03. The van der Waals surface area contributed by atoms with Gasteiger partial charge in [0.05, 0.1) is 38.8 Å². The zero-order valence-corrected chi connectivity index (χ0v) is 35.4. The van der Waals surface area contributed by atoms with E-state index in [4.69, 9.17) is 5.73 Å². The van der Waals surface area contributed by atoms with E-state index in [2.05, 4.69) is 46.8 Å². The van der Waals surface area contributed by atoms with Gasteiger partial charge in [-0.3, -0.25) is 38.6 Å². The van der Waals surface area contributed by atoms with Crippen LogP contribution in [-0.2, 0) is 30.4 Å². The molecular weight excluding hydrogens is 883 g/mol. The zero-order chi connectivity index (χ0) is 45.9. The number of para-hydroxylation sites is 1. The highest BCUT2D eigenvalue weighted by Gasteiger charge is 2.36. The summed E-state index contributed by atoms with van der Waals surface area (Å²) < 4.78 is 107. The van der Waals surface area contributed by atoms with Gasteiger partial charge < -0.3 is 25.7 Å². The van der Waals surface area contributed by atoms with Gasteiger partial charge in [0.1, 0.15) is 19.9 Å². The van der Waals surface area contributed by atoms with Gasteiger partial charge in [-0.05, 0) is 67.6 Å². The van der Waals surface area contributed by atoms with Crippen molar-refractivity contribution in [2.24, 2.45) is 20.0 Å². The van der Waals surface area contributed by atoms with E-state index in [-0.39, 0.29) is 63.0 Å². The number of H-pyrrole nitrogens is 3. The summed E-state index contributed by atoms with van der Waals surface area (Å²) in [6.07, 6.45) is 2.65. The van der Waals surface area contributed by atoms with Gasteiger partial charge in [-0.2, -0.15) is 16.8 Å². The fourth-order valence-electron chi connectivity index (χ4n) is 6.36. The molecule has 0 atom stereocenters. The molecular formula is C39H37N9O12S3-2. The Balaban J connectivity index is 1.42. The Morgan fingerprint density at radius 2 is 1.25 bits per heavy atom. The van der Waals surface area contributed by atoms with E-state index in [9.17, 15) is 53.6 Å². The summed E-state index contributed by atoms with van der Waals surface area (Å²) in [5.74, 6) is -1.92. The molecule has 0 bridgehead atoms. The number of unbranched alkanes of at least 4 members (excludes halogenated alkanes) is 3. The van der Waals surface area contributed by atoms with Gasteiger partial charge in [-0.25, -0.2) is 18.4 Å². The number of rotatable bonds is 15. The highest BCUT2D eigenvalue weighted by Crippen LogP contribution is 2.40. The topological polar surface area (TPSA) is 358 Å². The maximum atomic E-state index is 13.8. The molecule has 330 valence electrons. The van der Waals surface area contributed by atoms with Crippen molar-refractivity contribution in [1.29, 1.82) is 0 Å². The van der Waals surface area contributed by atoms with E-state index in [0.29, 0.717) is 31.4 Å². The molecule has 5 aromatic rings. The molecule has 1 aliphatic carbocycles. The number of nitrogens with zero attached hydrogens (tertiary/aromatic N) is 4. The summed E-state index contributed by atoms with van der Waals surface area (Å²) in [6.45, 7) is 5.70. The van der Waals surface area contributed by atoms with Gasteiger partial charge in [-0.15, -0.1) is 0 Å². The summed E-state index contributed by atoms with van der Waals surface area (Å²) in [7, 11) is -15.2. The Morgan fingerprint density at radius 3 is 1.84 bits per heavy atom. The Bertz CT molecular complexity index is 3300. The molecule has 0 fully saturated rings. The maximum absolute atomic E-state index is 13.8. The third kappa shape index (κ3) is 10.6. The first-order valence-electron chi connectivity index (χ1n) is 18.6. The first-order valence-corrected chi connectivity index (χ1v) is 22.9. The molecule has 4 aromatic carbocycles. The number of fused-ring (bicyclic) bond motifs is 2. The van der Waals surface area contributed by atoms with Crippen molar-refractivity contribution in [3.05, 3.63) is 124 Å². The molecule has 21 nitrogen and oxygen atoms in total. The maximum Gasteiger partial charge on any atom is 0.296 e. The van der Waals surface area contributed by atoms with Crippen LogP contribution in [0.2, 0.25) is 0 Å². The number of anilines is 3. The van der Waals surface area contributed by atoms with Crippen molar-refractivity contribution in [1.82, 2.24) is 15.0 Å². The van der Waals surface area contributed by atoms with E-state index in [1.54, 1.807) is 6.92 Å². The van der Waals surface area contributed by atoms with Gasteiger partial charge in [0.2, 0.25) is 16.9 Å². The van der Waals surface area contributed by atoms with E-state index >= 15 is 0 Å². The largest absolute Gasteiger partial charge is 0.859 e. The number of aromatic amines is 3. The number of benzene rings is 4. The van der Waals surface area contributed by atoms with Gasteiger partial charge in [0.25, 0.3) is 20.2 Å². The number of nitrogens with one attached hydrogen (secondary N) is 4. The monoisotopic (exact) mass is 919 g/mol. The molecule has 0 amide bonds. The van der Waals surface area contributed by atoms with Crippen molar-refractivity contribution < 1.29 is 53.6 Å². The number of nitrogen functional groups attached to an aromatic ring is 1. The highest BCUT2D eigenvalue weighted by atomic mass is 32.2. The van der Waals surface area contributed by atoms with Crippen LogP contribution in [0.1, 0.15) is 64.4 Å². The third-order valence-corrected chi connectivity index (χ3v) is 11.9. The lowest BCUT2D eigenvalue weighted by Gasteiger charge is -2.23. The number of aliphatic imine (C=N–C) groups is 1. The molecule has 0 saturated heterocycles. The molecule has 6 rings (SSSR count). The van der Waals surface area contributed by atoms with Crippen LogP contribution >= 0.6 is 0 Å². The van der Waals surface area contributed by atoms with Gasteiger partial charge in [0.15, 0.2) is 11.6 Å². The van der Waals surface area contributed by atoms with Crippen LogP contribution in [0.5, 0.6) is 0 Å². The fourth-order valence-corrected chi connectivity index (χ4v) is 8.27. The quantitative estimate of drug-likeness (QED) is 0.0256. The van der Waals surface area contributed by atoms with Crippen molar-refractivity contribution >= 4 is 76.3 Å². The SMILES string of the molecule is C=C(C)C([O-])=NCCCCCCN=c1[nH]c(=Nc2ccccc2S(=O)(=O)[O-])[nH]c(=Nc2ccc(Nc3cc(S(=O)(=O)O)c(N)c4c3C(=O)c3ccccc3C4=O)cc2S(=O)(=O)O)[nH]1. The zero-order valence-electron chi connectivity index (χ0n) is 32.9. The number of nitrogens with two attached hydrogens (primary N) is 1. The third-order valence-electron chi connectivity index (χ3n) is 9.26. The second kappa shape index (κ2) is 18.3. The van der Waals surface area contributed by atoms with Gasteiger partial charge in [0, 0.05) is 29.9 Å². The summed E-state index contributed by atoms with van der Waals surface area (Å²) in [4.78, 5) is 50.2. The van der Waals surface area contributed by atoms with Gasteiger partial charge >= 0.3 is 0 Å². The predicted molar refractivity (Wildman–Crippen MR) is 224 cm³/mol. The smallest absolute Gasteiger partial charge is 0.296 e. The molecule has 0 spiro atoms. The Labute approximate surface area is 358 Å². The van der Waals surface area contributed by atoms with Crippen molar-refractivity contribution in [2.45, 2.75) is 47.3 Å². The minimum Gasteiger partial charge on any atom is -0.859 e. The number of hydrogen-bond acceptors (Lipinski definition) is 16. The lowest BCUT2D eigenvalue weighted by Crippen LogP contribution is -2.37. The van der Waals surface area contributed by atoms with Crippen LogP contribution in [0.3, 0.4) is 0 Å². The number of hydrogen-bond donors (Lipinski definition) is 7. The van der Waals surface area contributed by atoms with E-state index in [0.717, 1.165) is 30.7 Å². The normalized spacial score (nSPS) is 14.2. The molecule has 0 radical (unpaired) electrons. The number of carbonyl (C=O) groups excluding carboxylic acids is 2. The molecule has 0 saturated carbocycles. The molecule has 1 heterocycles. The van der Waals surface area contributed by atoms with Crippen LogP contribution in [-0.4, -0.2) is 84.4 Å². The summed E-state index contributed by atoms with van der Waals surface area (Å²) in [5, 5.41) is 14.3. The number of ketones is 2. The van der Waals surface area contributed by atoms with Crippen molar-refractivity contribution in [3.8, 4) is 0 Å². The molecule has 8 N–H and O–H groups in total. The average molecular weight is 920 g/mol. The number of carbonyl (C=O) groups is 2. The van der Waals surface area contributed by atoms with Crippen molar-refractivity contribution in [3.63, 3.8) is 0 Å². The Kier molecular flexibility index (Phi) is 13.2. The van der Waals surface area contributed by atoms with Crippen LogP contribution in [0.4, 0.5) is 28.4 Å². The summed E-state index contributed by atoms with van der Waals surface area (Å²) in [6, 6.07) is 14.8. The second-order valence-electron chi connectivity index (χ2n) is 13.9. The molecule has 0 unspecified atom stereocenters. The van der Waals surface area contributed by atoms with Crippen LogP contribution in [0.25, 0.3) is 0 Å². The Hall–Kier alpha value is -6.83. The van der Waals surface area contributed by atoms with Crippen LogP contribution < -0.4 is 33.0 Å². The molecule has 63 heavy (non-hydrogen) atoms. The van der Waals surface area contributed by atoms with Crippen LogP contribution in [0, 0.1) is 0 Å². The first kappa shape index (κ1) is 45.7. The van der Waals surface area contributed by atoms with E-state index in [1.807, 2.05) is 0 Å².